The Labute approximate surface area is 76.9 Å². The summed E-state index contributed by atoms with van der Waals surface area (Å²) in [4.78, 5) is 12.5. The molecule has 6 heteroatoms. The molecule has 1 unspecified atom stereocenters. The van der Waals surface area contributed by atoms with Gasteiger partial charge in [0.1, 0.15) is 5.25 Å². The number of rotatable bonds is 2. The molecule has 1 fully saturated rings. The number of nitrogens with zero attached hydrogens (tertiary/aromatic N) is 1. The molecule has 1 heterocycles. The average Bonchev–Trinajstić information content (AvgIpc) is 2.29. The van der Waals surface area contributed by atoms with Crippen LogP contribution in [0.5, 0.6) is 0 Å². The number of hydrogen-bond donors (Lipinski definition) is 0. The molecule has 1 rings (SSSR count). The molecule has 1 aliphatic rings. The van der Waals surface area contributed by atoms with Crippen molar-refractivity contribution in [3.8, 4) is 0 Å². The first-order chi connectivity index (χ1) is 5.82. The van der Waals surface area contributed by atoms with Crippen LogP contribution in [0, 0.1) is 0 Å². The van der Waals surface area contributed by atoms with Crippen LogP contribution in [0.4, 0.5) is 3.89 Å². The van der Waals surface area contributed by atoms with Crippen LogP contribution in [-0.2, 0) is 15.0 Å². The van der Waals surface area contributed by atoms with Crippen molar-refractivity contribution in [2.24, 2.45) is 0 Å². The van der Waals surface area contributed by atoms with E-state index in [9.17, 15) is 17.1 Å². The smallest absolute Gasteiger partial charge is 0.307 e. The van der Waals surface area contributed by atoms with E-state index in [1.54, 1.807) is 13.8 Å². The van der Waals surface area contributed by atoms with Gasteiger partial charge in [0.15, 0.2) is 0 Å². The minimum Gasteiger partial charge on any atom is -0.339 e. The summed E-state index contributed by atoms with van der Waals surface area (Å²) >= 11 is 0. The molecule has 0 aromatic heterocycles. The van der Waals surface area contributed by atoms with Gasteiger partial charge < -0.3 is 4.90 Å². The molecule has 13 heavy (non-hydrogen) atoms. The minimum absolute atomic E-state index is 0.0185. The maximum atomic E-state index is 12.5. The Hall–Kier alpha value is -0.650. The van der Waals surface area contributed by atoms with E-state index in [1.165, 1.54) is 4.90 Å². The lowest BCUT2D eigenvalue weighted by Gasteiger charge is -2.20. The Morgan fingerprint density at radius 3 is 2.31 bits per heavy atom. The molecule has 76 valence electrons. The molecule has 1 saturated heterocycles. The molecule has 0 spiro atoms. The molecule has 0 aromatic rings. The molecule has 0 aromatic carbocycles. The Balaban J connectivity index is 2.77. The standard InChI is InChI=1S/C7H12FNO3S/c1-5(2)9-4-6(3-7(9)10)13(8,11)12/h5-6H,3-4H2,1-2H3. The predicted molar refractivity (Wildman–Crippen MR) is 45.3 cm³/mol. The third-order valence-electron chi connectivity index (χ3n) is 2.14. The second-order valence-electron chi connectivity index (χ2n) is 3.44. The molecule has 1 atom stereocenters. The monoisotopic (exact) mass is 209 g/mol. The fraction of sp³-hybridized carbons (Fsp3) is 0.857. The second-order valence-corrected chi connectivity index (χ2v) is 5.06. The number of halogens is 1. The zero-order valence-corrected chi connectivity index (χ0v) is 8.34. The lowest BCUT2D eigenvalue weighted by molar-refractivity contribution is -0.129. The van der Waals surface area contributed by atoms with E-state index in [0.717, 1.165) is 0 Å². The van der Waals surface area contributed by atoms with E-state index < -0.39 is 15.5 Å². The summed E-state index contributed by atoms with van der Waals surface area (Å²) in [6.07, 6.45) is -0.225. The first-order valence-electron chi connectivity index (χ1n) is 4.05. The van der Waals surface area contributed by atoms with Gasteiger partial charge in [-0.2, -0.15) is 8.42 Å². The topological polar surface area (TPSA) is 54.5 Å². The highest BCUT2D eigenvalue weighted by Crippen LogP contribution is 2.21. The SMILES string of the molecule is CC(C)N1CC(S(=O)(=O)F)CC1=O. The summed E-state index contributed by atoms with van der Waals surface area (Å²) < 4.78 is 33.5. The highest BCUT2D eigenvalue weighted by atomic mass is 32.3. The maximum Gasteiger partial charge on any atom is 0.307 e. The molecule has 0 N–H and O–H groups in total. The molecular weight excluding hydrogens is 197 g/mol. The van der Waals surface area contributed by atoms with E-state index in [1.807, 2.05) is 0 Å². The summed E-state index contributed by atoms with van der Waals surface area (Å²) in [6.45, 7) is 3.52. The van der Waals surface area contributed by atoms with Gasteiger partial charge in [-0.15, -0.1) is 3.89 Å². The number of hydrogen-bond acceptors (Lipinski definition) is 3. The highest BCUT2D eigenvalue weighted by molar-refractivity contribution is 7.87. The predicted octanol–water partition coefficient (Wildman–Crippen LogP) is 0.295. The van der Waals surface area contributed by atoms with Gasteiger partial charge in [-0.05, 0) is 13.8 Å². The van der Waals surface area contributed by atoms with Crippen LogP contribution in [0.3, 0.4) is 0 Å². The molecular formula is C7H12FNO3S. The summed E-state index contributed by atoms with van der Waals surface area (Å²) in [5.74, 6) is -0.291. The zero-order chi connectivity index (χ0) is 10.2. The van der Waals surface area contributed by atoms with E-state index in [4.69, 9.17) is 0 Å². The quantitative estimate of drug-likeness (QED) is 0.614. The average molecular weight is 209 g/mol. The Bertz CT molecular complexity index is 312. The van der Waals surface area contributed by atoms with Crippen molar-refractivity contribution in [1.29, 1.82) is 0 Å². The van der Waals surface area contributed by atoms with E-state index >= 15 is 0 Å². The van der Waals surface area contributed by atoms with Crippen LogP contribution in [-0.4, -0.2) is 37.1 Å². The first kappa shape index (κ1) is 10.4. The van der Waals surface area contributed by atoms with Gasteiger partial charge in [0.25, 0.3) is 0 Å². The molecule has 1 amide bonds. The third kappa shape index (κ3) is 2.18. The Morgan fingerprint density at radius 1 is 1.54 bits per heavy atom. The maximum absolute atomic E-state index is 12.5. The lowest BCUT2D eigenvalue weighted by Crippen LogP contribution is -2.33. The van der Waals surface area contributed by atoms with Gasteiger partial charge in [-0.3, -0.25) is 4.79 Å². The largest absolute Gasteiger partial charge is 0.339 e. The number of carbonyl (C=O) groups excluding carboxylic acids is 1. The van der Waals surface area contributed by atoms with E-state index in [0.29, 0.717) is 0 Å². The highest BCUT2D eigenvalue weighted by Gasteiger charge is 2.39. The number of likely N-dealkylation sites (tertiary alicyclic amines) is 1. The molecule has 4 nitrogen and oxygen atoms in total. The lowest BCUT2D eigenvalue weighted by atomic mass is 10.3. The van der Waals surface area contributed by atoms with Crippen LogP contribution in [0.2, 0.25) is 0 Å². The van der Waals surface area contributed by atoms with Crippen LogP contribution in [0.1, 0.15) is 20.3 Å². The summed E-state index contributed by atoms with van der Waals surface area (Å²) in [6, 6.07) is -0.0701. The number of amides is 1. The van der Waals surface area contributed by atoms with Gasteiger partial charge in [0, 0.05) is 19.0 Å². The minimum atomic E-state index is -4.56. The van der Waals surface area contributed by atoms with Crippen molar-refractivity contribution in [2.45, 2.75) is 31.6 Å². The van der Waals surface area contributed by atoms with Gasteiger partial charge in [-0.25, -0.2) is 0 Å². The van der Waals surface area contributed by atoms with Gasteiger partial charge in [-0.1, -0.05) is 0 Å². The zero-order valence-electron chi connectivity index (χ0n) is 7.53. The summed E-state index contributed by atoms with van der Waals surface area (Å²) in [5.41, 5.74) is 0. The van der Waals surface area contributed by atoms with Crippen LogP contribution in [0.25, 0.3) is 0 Å². The first-order valence-corrected chi connectivity index (χ1v) is 5.50. The Morgan fingerprint density at radius 2 is 2.08 bits per heavy atom. The number of carbonyl (C=O) groups is 1. The van der Waals surface area contributed by atoms with Crippen molar-refractivity contribution >= 4 is 16.1 Å². The van der Waals surface area contributed by atoms with Gasteiger partial charge >= 0.3 is 10.2 Å². The normalized spacial score (nSPS) is 24.5. The summed E-state index contributed by atoms with van der Waals surface area (Å²) in [5, 5.41) is -1.16. The molecule has 0 aliphatic carbocycles. The van der Waals surface area contributed by atoms with E-state index in [-0.39, 0.29) is 24.9 Å². The van der Waals surface area contributed by atoms with Crippen molar-refractivity contribution in [1.82, 2.24) is 4.90 Å². The van der Waals surface area contributed by atoms with Crippen LogP contribution in [0.15, 0.2) is 0 Å². The molecule has 0 bridgehead atoms. The molecule has 0 saturated carbocycles. The third-order valence-corrected chi connectivity index (χ3v) is 3.26. The fourth-order valence-electron chi connectivity index (χ4n) is 1.39. The van der Waals surface area contributed by atoms with Crippen molar-refractivity contribution in [2.75, 3.05) is 6.54 Å². The molecule has 0 radical (unpaired) electrons. The van der Waals surface area contributed by atoms with Crippen molar-refractivity contribution < 1.29 is 17.1 Å². The fourth-order valence-corrected chi connectivity index (χ4v) is 2.07. The summed E-state index contributed by atoms with van der Waals surface area (Å²) in [7, 11) is -4.56. The van der Waals surface area contributed by atoms with Crippen LogP contribution < -0.4 is 0 Å². The van der Waals surface area contributed by atoms with Gasteiger partial charge in [0.2, 0.25) is 5.91 Å². The van der Waals surface area contributed by atoms with Crippen molar-refractivity contribution in [3.63, 3.8) is 0 Å². The molecule has 1 aliphatic heterocycles. The Kier molecular flexibility index (Phi) is 2.61. The van der Waals surface area contributed by atoms with Crippen LogP contribution >= 0.6 is 0 Å². The van der Waals surface area contributed by atoms with E-state index in [2.05, 4.69) is 0 Å². The second kappa shape index (κ2) is 3.25. The van der Waals surface area contributed by atoms with Crippen molar-refractivity contribution in [3.05, 3.63) is 0 Å². The van der Waals surface area contributed by atoms with Gasteiger partial charge in [0.05, 0.1) is 0 Å².